The first-order valence-corrected chi connectivity index (χ1v) is 9.59. The Morgan fingerprint density at radius 2 is 1.97 bits per heavy atom. The van der Waals surface area contributed by atoms with Crippen LogP contribution in [0.1, 0.15) is 56.3 Å². The second-order valence-electron chi connectivity index (χ2n) is 5.56. The lowest BCUT2D eigenvalue weighted by atomic mass is 10.1. The van der Waals surface area contributed by atoms with E-state index in [0.29, 0.717) is 6.42 Å². The Kier molecular flexibility index (Phi) is 7.29. The van der Waals surface area contributed by atoms with Crippen molar-refractivity contribution in [1.29, 1.82) is 0 Å². The summed E-state index contributed by atoms with van der Waals surface area (Å²) < 4.78 is 10.1. The average Bonchev–Trinajstić information content (AvgIpc) is 3.20. The molecule has 0 saturated carbocycles. The van der Waals surface area contributed by atoms with E-state index in [1.54, 1.807) is 6.92 Å². The number of thiophene rings is 1. The number of rotatable bonds is 8. The zero-order valence-electron chi connectivity index (χ0n) is 15.7. The number of amides is 1. The second-order valence-corrected chi connectivity index (χ2v) is 6.96. The number of anilines is 1. The molecule has 0 aliphatic rings. The Labute approximate surface area is 173 Å². The van der Waals surface area contributed by atoms with E-state index < -0.39 is 39.3 Å². The lowest BCUT2D eigenvalue weighted by Crippen LogP contribution is -2.16. The average molecular weight is 445 g/mol. The Morgan fingerprint density at radius 3 is 2.52 bits per heavy atom. The van der Waals surface area contributed by atoms with Crippen molar-refractivity contribution >= 4 is 51.6 Å². The van der Waals surface area contributed by atoms with E-state index in [1.807, 2.05) is 6.92 Å². The van der Waals surface area contributed by atoms with Crippen LogP contribution in [0.3, 0.4) is 0 Å². The van der Waals surface area contributed by atoms with Crippen LogP contribution in [0.5, 0.6) is 0 Å². The first-order valence-electron chi connectivity index (χ1n) is 8.40. The summed E-state index contributed by atoms with van der Waals surface area (Å²) in [5.41, 5.74) is -0.167. The van der Waals surface area contributed by atoms with Gasteiger partial charge in [0.2, 0.25) is 0 Å². The van der Waals surface area contributed by atoms with Crippen LogP contribution in [0.15, 0.2) is 0 Å². The number of esters is 2. The Balaban J connectivity index is 2.43. The first kappa shape index (κ1) is 22.3. The van der Waals surface area contributed by atoms with Gasteiger partial charge in [0.15, 0.2) is 10.7 Å². The molecule has 2 N–H and O–H groups in total. The van der Waals surface area contributed by atoms with Crippen molar-refractivity contribution in [2.24, 2.45) is 0 Å². The smallest absolute Gasteiger partial charge is 0.362 e. The normalized spacial score (nSPS) is 10.5. The fraction of sp³-hybridized carbons (Fsp3) is 0.375. The van der Waals surface area contributed by atoms with Crippen LogP contribution >= 0.6 is 22.9 Å². The summed E-state index contributed by atoms with van der Waals surface area (Å²) in [6.45, 7) is 5.24. The number of aromatic amines is 1. The molecule has 1 amide bonds. The monoisotopic (exact) mass is 444 g/mol. The number of hydrogen-bond acceptors (Lipinski definition) is 9. The highest BCUT2D eigenvalue weighted by Crippen LogP contribution is 2.35. The van der Waals surface area contributed by atoms with E-state index in [1.165, 1.54) is 6.92 Å². The molecule has 11 nitrogen and oxygen atoms in total. The summed E-state index contributed by atoms with van der Waals surface area (Å²) in [4.78, 5) is 47.3. The van der Waals surface area contributed by atoms with E-state index in [2.05, 4.69) is 15.5 Å². The van der Waals surface area contributed by atoms with Gasteiger partial charge in [-0.25, -0.2) is 9.59 Å². The zero-order valence-corrected chi connectivity index (χ0v) is 17.2. The van der Waals surface area contributed by atoms with Crippen molar-refractivity contribution in [3.8, 4) is 0 Å². The Hall–Kier alpha value is -2.99. The van der Waals surface area contributed by atoms with E-state index in [9.17, 15) is 24.5 Å². The highest BCUT2D eigenvalue weighted by molar-refractivity contribution is 7.18. The van der Waals surface area contributed by atoms with E-state index in [4.69, 9.17) is 21.1 Å². The van der Waals surface area contributed by atoms with Gasteiger partial charge in [0.1, 0.15) is 9.88 Å². The molecule has 2 rings (SSSR count). The molecular formula is C16H17ClN4O7S. The van der Waals surface area contributed by atoms with Crippen LogP contribution in [0.25, 0.3) is 0 Å². The van der Waals surface area contributed by atoms with Gasteiger partial charge < -0.3 is 24.9 Å². The molecule has 2 aromatic rings. The van der Waals surface area contributed by atoms with Crippen LogP contribution in [0.2, 0.25) is 5.02 Å². The van der Waals surface area contributed by atoms with Gasteiger partial charge in [0.05, 0.1) is 18.8 Å². The number of carbonyl (C=O) groups is 3. The molecule has 0 bridgehead atoms. The van der Waals surface area contributed by atoms with Crippen molar-refractivity contribution < 1.29 is 28.8 Å². The molecule has 0 spiro atoms. The first-order chi connectivity index (χ1) is 13.7. The zero-order chi connectivity index (χ0) is 21.7. The van der Waals surface area contributed by atoms with Crippen molar-refractivity contribution in [1.82, 2.24) is 10.2 Å². The summed E-state index contributed by atoms with van der Waals surface area (Å²) in [7, 11) is 0. The van der Waals surface area contributed by atoms with Gasteiger partial charge in [-0.15, -0.1) is 16.4 Å². The van der Waals surface area contributed by atoms with Gasteiger partial charge >= 0.3 is 17.8 Å². The third kappa shape index (κ3) is 4.71. The molecule has 13 heteroatoms. The molecule has 0 saturated heterocycles. The standard InChI is InChI=1S/C16H17ClN4O7S/c1-4-6-28-15(23)8-7(3)11(16(24)27-5-2)29-14(8)18-13(22)10-9(17)12(20-19-10)21(25)26/h4-6H2,1-3H3,(H,18,22)(H,19,20). The minimum absolute atomic E-state index is 0.0124. The maximum Gasteiger partial charge on any atom is 0.362 e. The molecule has 0 aliphatic carbocycles. The number of nitro groups is 1. The molecule has 0 aliphatic heterocycles. The molecule has 0 aromatic carbocycles. The van der Waals surface area contributed by atoms with Crippen molar-refractivity contribution in [3.63, 3.8) is 0 Å². The minimum atomic E-state index is -0.902. The predicted molar refractivity (Wildman–Crippen MR) is 104 cm³/mol. The number of nitrogens with one attached hydrogen (secondary N) is 2. The summed E-state index contributed by atoms with van der Waals surface area (Å²) >= 11 is 6.64. The van der Waals surface area contributed by atoms with Crippen LogP contribution in [0, 0.1) is 17.0 Å². The number of halogens is 1. The van der Waals surface area contributed by atoms with Gasteiger partial charge in [-0.3, -0.25) is 4.79 Å². The molecule has 0 fully saturated rings. The third-order valence-electron chi connectivity index (χ3n) is 3.56. The van der Waals surface area contributed by atoms with Gasteiger partial charge in [0.25, 0.3) is 5.91 Å². The quantitative estimate of drug-likeness (QED) is 0.357. The number of ether oxygens (including phenoxy) is 2. The summed E-state index contributed by atoms with van der Waals surface area (Å²) in [5, 5.41) is 18.4. The van der Waals surface area contributed by atoms with E-state index in [0.717, 1.165) is 11.3 Å². The van der Waals surface area contributed by atoms with Crippen LogP contribution in [-0.2, 0) is 9.47 Å². The number of aromatic nitrogens is 2. The van der Waals surface area contributed by atoms with Crippen molar-refractivity contribution in [2.45, 2.75) is 27.2 Å². The van der Waals surface area contributed by atoms with Crippen molar-refractivity contribution in [2.75, 3.05) is 18.5 Å². The summed E-state index contributed by atoms with van der Waals surface area (Å²) in [6, 6.07) is 0. The maximum atomic E-state index is 12.5. The molecule has 2 aromatic heterocycles. The highest BCUT2D eigenvalue weighted by Gasteiger charge is 2.30. The lowest BCUT2D eigenvalue weighted by molar-refractivity contribution is -0.389. The largest absolute Gasteiger partial charge is 0.462 e. The number of H-pyrrole nitrogens is 1. The van der Waals surface area contributed by atoms with Gasteiger partial charge in [-0.1, -0.05) is 23.6 Å². The van der Waals surface area contributed by atoms with Crippen LogP contribution < -0.4 is 5.32 Å². The van der Waals surface area contributed by atoms with Crippen molar-refractivity contribution in [3.05, 3.63) is 36.8 Å². The molecule has 0 radical (unpaired) electrons. The lowest BCUT2D eigenvalue weighted by Gasteiger charge is -2.06. The molecule has 0 unspecified atom stereocenters. The third-order valence-corrected chi connectivity index (χ3v) is 5.11. The molecule has 29 heavy (non-hydrogen) atoms. The van der Waals surface area contributed by atoms with Crippen LogP contribution in [-0.4, -0.2) is 46.2 Å². The number of hydrogen-bond donors (Lipinski definition) is 2. The molecule has 156 valence electrons. The molecular weight excluding hydrogens is 428 g/mol. The van der Waals surface area contributed by atoms with Gasteiger partial charge in [-0.2, -0.15) is 0 Å². The fourth-order valence-corrected chi connectivity index (χ4v) is 3.58. The molecule has 0 atom stereocenters. The Bertz CT molecular complexity index is 969. The number of carbonyl (C=O) groups excluding carboxylic acids is 3. The SMILES string of the molecule is CCCOC(=O)c1c(NC(=O)c2n[nH]c([N+](=O)[O-])c2Cl)sc(C(=O)OCC)c1C. The number of nitrogens with zero attached hydrogens (tertiary/aromatic N) is 2. The topological polar surface area (TPSA) is 154 Å². The fourth-order valence-electron chi connectivity index (χ4n) is 2.26. The molecule has 2 heterocycles. The van der Waals surface area contributed by atoms with Gasteiger partial charge in [-0.05, 0) is 30.8 Å². The summed E-state index contributed by atoms with van der Waals surface area (Å²) in [5.74, 6) is -2.94. The predicted octanol–water partition coefficient (Wildman–Crippen LogP) is 3.34. The van der Waals surface area contributed by atoms with E-state index in [-0.39, 0.29) is 34.2 Å². The highest BCUT2D eigenvalue weighted by atomic mass is 35.5. The van der Waals surface area contributed by atoms with Crippen LogP contribution in [0.4, 0.5) is 10.8 Å². The summed E-state index contributed by atoms with van der Waals surface area (Å²) in [6.07, 6.45) is 0.577. The second kappa shape index (κ2) is 9.47. The van der Waals surface area contributed by atoms with E-state index >= 15 is 0 Å². The van der Waals surface area contributed by atoms with Gasteiger partial charge in [0, 0.05) is 0 Å². The minimum Gasteiger partial charge on any atom is -0.462 e. The maximum absolute atomic E-state index is 12.5. The Morgan fingerprint density at radius 1 is 1.28 bits per heavy atom.